The van der Waals surface area contributed by atoms with E-state index in [4.69, 9.17) is 9.84 Å². The van der Waals surface area contributed by atoms with Gasteiger partial charge in [-0.15, -0.1) is 5.92 Å². The number of aliphatic hydroxyl groups excluding tert-OH is 1. The fourth-order valence-electron chi connectivity index (χ4n) is 1.14. The summed E-state index contributed by atoms with van der Waals surface area (Å²) < 4.78 is 5.43. The maximum Gasteiger partial charge on any atom is 0.104 e. The first-order valence-electron chi connectivity index (χ1n) is 5.56. The van der Waals surface area contributed by atoms with Gasteiger partial charge in [0.05, 0.1) is 0 Å². The minimum atomic E-state index is -0.0299. The molecule has 0 aromatic rings. The van der Waals surface area contributed by atoms with Crippen LogP contribution in [0.3, 0.4) is 0 Å². The first kappa shape index (κ1) is 13.5. The Morgan fingerprint density at radius 3 is 2.50 bits per heavy atom. The van der Waals surface area contributed by atoms with Gasteiger partial charge in [0, 0.05) is 19.6 Å². The first-order chi connectivity index (χ1) is 6.91. The van der Waals surface area contributed by atoms with E-state index < -0.39 is 0 Å². The molecule has 14 heavy (non-hydrogen) atoms. The van der Waals surface area contributed by atoms with Crippen LogP contribution < -0.4 is 0 Å². The average molecular weight is 198 g/mol. The van der Waals surface area contributed by atoms with Gasteiger partial charge in [-0.2, -0.15) is 0 Å². The zero-order valence-corrected chi connectivity index (χ0v) is 9.22. The summed E-state index contributed by atoms with van der Waals surface area (Å²) in [6, 6.07) is 0. The van der Waals surface area contributed by atoms with Crippen molar-refractivity contribution < 1.29 is 9.84 Å². The van der Waals surface area contributed by atoms with Crippen molar-refractivity contribution in [1.29, 1.82) is 0 Å². The largest absolute Gasteiger partial charge is 0.384 e. The Morgan fingerprint density at radius 2 is 1.79 bits per heavy atom. The van der Waals surface area contributed by atoms with Gasteiger partial charge in [-0.05, 0) is 12.8 Å². The summed E-state index contributed by atoms with van der Waals surface area (Å²) in [5, 5.41) is 8.38. The topological polar surface area (TPSA) is 29.5 Å². The Balaban J connectivity index is 2.92. The summed E-state index contributed by atoms with van der Waals surface area (Å²) in [4.78, 5) is 0. The minimum Gasteiger partial charge on any atom is -0.384 e. The molecule has 0 aliphatic carbocycles. The van der Waals surface area contributed by atoms with E-state index in [1.54, 1.807) is 0 Å². The summed E-state index contributed by atoms with van der Waals surface area (Å²) in [5.74, 6) is 5.48. The van der Waals surface area contributed by atoms with Crippen molar-refractivity contribution in [1.82, 2.24) is 0 Å². The highest BCUT2D eigenvalue weighted by atomic mass is 16.5. The molecule has 2 heteroatoms. The van der Waals surface area contributed by atoms with Gasteiger partial charge < -0.3 is 9.84 Å². The molecule has 0 bridgehead atoms. The van der Waals surface area contributed by atoms with E-state index in [0.29, 0.717) is 0 Å². The number of hydrogen-bond donors (Lipinski definition) is 1. The third kappa shape index (κ3) is 11.5. The first-order valence-corrected chi connectivity index (χ1v) is 5.56. The highest BCUT2D eigenvalue weighted by Crippen LogP contribution is 1.99. The molecule has 0 unspecified atom stereocenters. The Morgan fingerprint density at radius 1 is 1.00 bits per heavy atom. The van der Waals surface area contributed by atoms with E-state index >= 15 is 0 Å². The van der Waals surface area contributed by atoms with Crippen LogP contribution in [0.15, 0.2) is 0 Å². The third-order valence-electron chi connectivity index (χ3n) is 1.94. The van der Waals surface area contributed by atoms with Crippen molar-refractivity contribution in [3.63, 3.8) is 0 Å². The highest BCUT2D eigenvalue weighted by molar-refractivity contribution is 4.98. The molecule has 0 fully saturated rings. The average Bonchev–Trinajstić information content (AvgIpc) is 2.21. The van der Waals surface area contributed by atoms with E-state index in [2.05, 4.69) is 18.8 Å². The lowest BCUT2D eigenvalue weighted by Crippen LogP contribution is -1.96. The molecule has 0 saturated carbocycles. The normalized spacial score (nSPS) is 9.57. The second-order valence-corrected chi connectivity index (χ2v) is 3.29. The lowest BCUT2D eigenvalue weighted by atomic mass is 10.2. The van der Waals surface area contributed by atoms with E-state index in [0.717, 1.165) is 26.1 Å². The molecular formula is C12H22O2. The monoisotopic (exact) mass is 198 g/mol. The Bertz CT molecular complexity index is 155. The van der Waals surface area contributed by atoms with Crippen LogP contribution in [0.4, 0.5) is 0 Å². The van der Waals surface area contributed by atoms with Gasteiger partial charge in [0.15, 0.2) is 0 Å². The van der Waals surface area contributed by atoms with Crippen LogP contribution >= 0.6 is 0 Å². The molecule has 0 rings (SSSR count). The predicted octanol–water partition coefficient (Wildman–Crippen LogP) is 2.36. The lowest BCUT2D eigenvalue weighted by Gasteiger charge is -2.01. The molecule has 82 valence electrons. The van der Waals surface area contributed by atoms with E-state index in [-0.39, 0.29) is 6.61 Å². The van der Waals surface area contributed by atoms with Crippen LogP contribution in [0.1, 0.15) is 45.4 Å². The Kier molecular flexibility index (Phi) is 12.0. The van der Waals surface area contributed by atoms with E-state index in [1.165, 1.54) is 25.7 Å². The van der Waals surface area contributed by atoms with Crippen LogP contribution in [0.2, 0.25) is 0 Å². The fourth-order valence-corrected chi connectivity index (χ4v) is 1.14. The van der Waals surface area contributed by atoms with Gasteiger partial charge in [0.2, 0.25) is 0 Å². The van der Waals surface area contributed by atoms with Gasteiger partial charge in [-0.1, -0.05) is 32.1 Å². The number of rotatable bonds is 8. The van der Waals surface area contributed by atoms with Crippen LogP contribution in [0, 0.1) is 11.8 Å². The Labute approximate surface area is 87.7 Å². The van der Waals surface area contributed by atoms with Gasteiger partial charge in [-0.3, -0.25) is 0 Å². The van der Waals surface area contributed by atoms with E-state index in [1.807, 2.05) is 0 Å². The van der Waals surface area contributed by atoms with Gasteiger partial charge in [-0.25, -0.2) is 0 Å². The zero-order chi connectivity index (χ0) is 10.5. The van der Waals surface area contributed by atoms with Crippen molar-refractivity contribution in [3.05, 3.63) is 0 Å². The van der Waals surface area contributed by atoms with Crippen molar-refractivity contribution in [2.24, 2.45) is 0 Å². The summed E-state index contributed by atoms with van der Waals surface area (Å²) in [6.45, 7) is 3.86. The van der Waals surface area contributed by atoms with Crippen LogP contribution in [0.25, 0.3) is 0 Å². The summed E-state index contributed by atoms with van der Waals surface area (Å²) >= 11 is 0. The van der Waals surface area contributed by atoms with Gasteiger partial charge >= 0.3 is 0 Å². The summed E-state index contributed by atoms with van der Waals surface area (Å²) in [6.07, 6.45) is 6.84. The smallest absolute Gasteiger partial charge is 0.104 e. The number of ether oxygens (including phenoxy) is 1. The van der Waals surface area contributed by atoms with Gasteiger partial charge in [0.1, 0.15) is 6.61 Å². The molecular weight excluding hydrogens is 176 g/mol. The zero-order valence-electron chi connectivity index (χ0n) is 9.22. The van der Waals surface area contributed by atoms with Crippen molar-refractivity contribution in [3.8, 4) is 11.8 Å². The van der Waals surface area contributed by atoms with Gasteiger partial charge in [0.25, 0.3) is 0 Å². The standard InChI is InChI=1S/C12H22O2/c1-2-3-4-8-11-14-12-9-6-5-7-10-13/h13H,2-4,6,8-12H2,1H3. The SMILES string of the molecule is CCCCCCOCCCC#CCO. The summed E-state index contributed by atoms with van der Waals surface area (Å²) in [7, 11) is 0. The fraction of sp³-hybridized carbons (Fsp3) is 0.833. The molecule has 0 radical (unpaired) electrons. The third-order valence-corrected chi connectivity index (χ3v) is 1.94. The van der Waals surface area contributed by atoms with Crippen molar-refractivity contribution >= 4 is 0 Å². The molecule has 0 aromatic carbocycles. The molecule has 2 nitrogen and oxygen atoms in total. The highest BCUT2D eigenvalue weighted by Gasteiger charge is 1.89. The van der Waals surface area contributed by atoms with Crippen molar-refractivity contribution in [2.45, 2.75) is 45.4 Å². The molecule has 0 amide bonds. The molecule has 0 aliphatic rings. The second-order valence-electron chi connectivity index (χ2n) is 3.29. The second kappa shape index (κ2) is 12.5. The molecule has 0 saturated heterocycles. The number of aliphatic hydroxyl groups is 1. The number of unbranched alkanes of at least 4 members (excludes halogenated alkanes) is 4. The molecule has 0 aliphatic heterocycles. The molecule has 0 aromatic heterocycles. The molecule has 0 spiro atoms. The maximum absolute atomic E-state index is 8.38. The van der Waals surface area contributed by atoms with Crippen LogP contribution in [-0.4, -0.2) is 24.9 Å². The lowest BCUT2D eigenvalue weighted by molar-refractivity contribution is 0.128. The van der Waals surface area contributed by atoms with Crippen LogP contribution in [-0.2, 0) is 4.74 Å². The molecule has 0 atom stereocenters. The van der Waals surface area contributed by atoms with Crippen LogP contribution in [0.5, 0.6) is 0 Å². The quantitative estimate of drug-likeness (QED) is 0.479. The molecule has 1 N–H and O–H groups in total. The van der Waals surface area contributed by atoms with Crippen molar-refractivity contribution in [2.75, 3.05) is 19.8 Å². The van der Waals surface area contributed by atoms with E-state index in [9.17, 15) is 0 Å². The molecule has 0 heterocycles. The predicted molar refractivity (Wildman–Crippen MR) is 59.1 cm³/mol. The number of hydrogen-bond acceptors (Lipinski definition) is 2. The maximum atomic E-state index is 8.38. The Hall–Kier alpha value is -0.520. The summed E-state index contributed by atoms with van der Waals surface area (Å²) in [5.41, 5.74) is 0. The minimum absolute atomic E-state index is 0.0299.